The van der Waals surface area contributed by atoms with Gasteiger partial charge in [0, 0.05) is 28.6 Å². The molecule has 1 aromatic rings. The molecule has 1 aliphatic rings. The molecule has 1 aromatic carbocycles. The van der Waals surface area contributed by atoms with Gasteiger partial charge in [-0.25, -0.2) is 0 Å². The van der Waals surface area contributed by atoms with E-state index in [4.69, 9.17) is 27.9 Å². The van der Waals surface area contributed by atoms with Gasteiger partial charge in [0.15, 0.2) is 0 Å². The molecule has 76 valence electrons. The molecule has 0 spiro atoms. The molecule has 0 amide bonds. The van der Waals surface area contributed by atoms with Crippen LogP contribution in [0.25, 0.3) is 0 Å². The number of hydrogen-bond donors (Lipinski definition) is 1. The molecule has 2 nitrogen and oxygen atoms in total. The lowest BCUT2D eigenvalue weighted by molar-refractivity contribution is 0.0233. The summed E-state index contributed by atoms with van der Waals surface area (Å²) in [6.45, 7) is 0.865. The number of benzene rings is 1. The van der Waals surface area contributed by atoms with Crippen LogP contribution in [0.1, 0.15) is 12.0 Å². The lowest BCUT2D eigenvalue weighted by atomic mass is 9.93. The number of aliphatic hydroxyl groups is 1. The third-order valence-corrected chi connectivity index (χ3v) is 2.98. The molecule has 1 saturated heterocycles. The summed E-state index contributed by atoms with van der Waals surface area (Å²) < 4.78 is 5.16. The Hall–Kier alpha value is -0.280. The molecule has 0 aromatic heterocycles. The molecule has 1 fully saturated rings. The predicted octanol–water partition coefficient (Wildman–Crippen LogP) is 2.60. The Morgan fingerprint density at radius 1 is 1.36 bits per heavy atom. The van der Waals surface area contributed by atoms with Gasteiger partial charge in [0.05, 0.1) is 6.61 Å². The van der Waals surface area contributed by atoms with Gasteiger partial charge in [-0.2, -0.15) is 0 Å². The molecule has 14 heavy (non-hydrogen) atoms. The van der Waals surface area contributed by atoms with Crippen LogP contribution in [0.5, 0.6) is 0 Å². The van der Waals surface area contributed by atoms with Crippen LogP contribution in [0.3, 0.4) is 0 Å². The van der Waals surface area contributed by atoms with Crippen LogP contribution < -0.4 is 0 Å². The molecule has 1 heterocycles. The summed E-state index contributed by atoms with van der Waals surface area (Å²) in [6, 6.07) is 5.10. The molecule has 1 N–H and O–H groups in total. The SMILES string of the molecule is OC1(c2ccc(Cl)cc2Cl)CCOC1. The monoisotopic (exact) mass is 232 g/mol. The van der Waals surface area contributed by atoms with Crippen molar-refractivity contribution in [1.82, 2.24) is 0 Å². The van der Waals surface area contributed by atoms with Gasteiger partial charge in [-0.15, -0.1) is 0 Å². The maximum Gasteiger partial charge on any atom is 0.116 e. The molecular weight excluding hydrogens is 223 g/mol. The van der Waals surface area contributed by atoms with Crippen LogP contribution in [0.15, 0.2) is 18.2 Å². The maximum atomic E-state index is 10.2. The molecule has 2 rings (SSSR count). The van der Waals surface area contributed by atoms with E-state index in [1.165, 1.54) is 0 Å². The molecule has 0 saturated carbocycles. The summed E-state index contributed by atoms with van der Waals surface area (Å²) in [5, 5.41) is 11.2. The molecule has 1 atom stereocenters. The van der Waals surface area contributed by atoms with Crippen molar-refractivity contribution in [2.75, 3.05) is 13.2 Å². The largest absolute Gasteiger partial charge is 0.383 e. The van der Waals surface area contributed by atoms with E-state index in [-0.39, 0.29) is 0 Å². The predicted molar refractivity (Wildman–Crippen MR) is 55.8 cm³/mol. The highest BCUT2D eigenvalue weighted by Gasteiger charge is 2.35. The molecule has 0 radical (unpaired) electrons. The van der Waals surface area contributed by atoms with E-state index < -0.39 is 5.60 Å². The standard InChI is InChI=1S/C10H10Cl2O2/c11-7-1-2-8(9(12)5-7)10(13)3-4-14-6-10/h1-2,5,13H,3-4,6H2. The lowest BCUT2D eigenvalue weighted by Crippen LogP contribution is -2.25. The fraction of sp³-hybridized carbons (Fsp3) is 0.400. The number of halogens is 2. The maximum absolute atomic E-state index is 10.2. The van der Waals surface area contributed by atoms with Crippen molar-refractivity contribution in [1.29, 1.82) is 0 Å². The second-order valence-electron chi connectivity index (χ2n) is 3.46. The van der Waals surface area contributed by atoms with E-state index in [9.17, 15) is 5.11 Å². The van der Waals surface area contributed by atoms with Crippen molar-refractivity contribution >= 4 is 23.2 Å². The van der Waals surface area contributed by atoms with E-state index in [1.54, 1.807) is 18.2 Å². The van der Waals surface area contributed by atoms with Gasteiger partial charge in [0.1, 0.15) is 5.60 Å². The fourth-order valence-electron chi connectivity index (χ4n) is 1.63. The highest BCUT2D eigenvalue weighted by Crippen LogP contribution is 2.35. The Balaban J connectivity index is 2.40. The van der Waals surface area contributed by atoms with Crippen molar-refractivity contribution in [3.63, 3.8) is 0 Å². The number of hydrogen-bond acceptors (Lipinski definition) is 2. The van der Waals surface area contributed by atoms with E-state index in [1.807, 2.05) is 0 Å². The highest BCUT2D eigenvalue weighted by atomic mass is 35.5. The van der Waals surface area contributed by atoms with Crippen molar-refractivity contribution in [3.05, 3.63) is 33.8 Å². The summed E-state index contributed by atoms with van der Waals surface area (Å²) in [5.74, 6) is 0. The number of rotatable bonds is 1. The minimum atomic E-state index is -0.943. The molecule has 1 unspecified atom stereocenters. The third kappa shape index (κ3) is 1.75. The molecule has 1 aliphatic heterocycles. The highest BCUT2D eigenvalue weighted by molar-refractivity contribution is 6.35. The topological polar surface area (TPSA) is 29.5 Å². The van der Waals surface area contributed by atoms with Gasteiger partial charge in [0.25, 0.3) is 0 Å². The molecule has 0 bridgehead atoms. The van der Waals surface area contributed by atoms with Crippen molar-refractivity contribution in [2.24, 2.45) is 0 Å². The first-order chi connectivity index (χ1) is 6.62. The zero-order valence-electron chi connectivity index (χ0n) is 7.46. The second-order valence-corrected chi connectivity index (χ2v) is 4.30. The van der Waals surface area contributed by atoms with Gasteiger partial charge in [0.2, 0.25) is 0 Å². The van der Waals surface area contributed by atoms with Crippen LogP contribution in [-0.4, -0.2) is 18.3 Å². The van der Waals surface area contributed by atoms with Crippen LogP contribution in [-0.2, 0) is 10.3 Å². The van der Waals surface area contributed by atoms with Crippen LogP contribution in [0.2, 0.25) is 10.0 Å². The van der Waals surface area contributed by atoms with E-state index >= 15 is 0 Å². The zero-order chi connectivity index (χ0) is 10.2. The fourth-order valence-corrected chi connectivity index (χ4v) is 2.22. The summed E-state index contributed by atoms with van der Waals surface area (Å²) in [5.41, 5.74) is -0.247. The van der Waals surface area contributed by atoms with E-state index in [2.05, 4.69) is 0 Å². The van der Waals surface area contributed by atoms with Crippen molar-refractivity contribution in [2.45, 2.75) is 12.0 Å². The summed E-state index contributed by atoms with van der Waals surface area (Å²) in [7, 11) is 0. The average molecular weight is 233 g/mol. The minimum absolute atomic E-state index is 0.300. The first-order valence-electron chi connectivity index (χ1n) is 4.37. The lowest BCUT2D eigenvalue weighted by Gasteiger charge is -2.22. The Bertz CT molecular complexity index is 346. The molecule has 0 aliphatic carbocycles. The summed E-state index contributed by atoms with van der Waals surface area (Å²) in [6.07, 6.45) is 0.578. The zero-order valence-corrected chi connectivity index (χ0v) is 8.98. The van der Waals surface area contributed by atoms with Gasteiger partial charge in [-0.1, -0.05) is 29.3 Å². The van der Waals surface area contributed by atoms with Crippen molar-refractivity contribution < 1.29 is 9.84 Å². The normalized spacial score (nSPS) is 26.8. The summed E-state index contributed by atoms with van der Waals surface area (Å²) in [4.78, 5) is 0. The molecule has 4 heteroatoms. The molecular formula is C10H10Cl2O2. The van der Waals surface area contributed by atoms with Gasteiger partial charge >= 0.3 is 0 Å². The second kappa shape index (κ2) is 3.70. The Kier molecular flexibility index (Phi) is 2.71. The van der Waals surface area contributed by atoms with Gasteiger partial charge in [-0.05, 0) is 12.1 Å². The smallest absolute Gasteiger partial charge is 0.116 e. The van der Waals surface area contributed by atoms with Crippen LogP contribution in [0, 0.1) is 0 Å². The Morgan fingerprint density at radius 2 is 2.14 bits per heavy atom. The van der Waals surface area contributed by atoms with E-state index in [0.717, 1.165) is 0 Å². The van der Waals surface area contributed by atoms with Crippen LogP contribution in [0.4, 0.5) is 0 Å². The summed E-state index contributed by atoms with van der Waals surface area (Å²) >= 11 is 11.8. The van der Waals surface area contributed by atoms with Gasteiger partial charge < -0.3 is 9.84 Å². The Morgan fingerprint density at radius 3 is 2.71 bits per heavy atom. The first-order valence-corrected chi connectivity index (χ1v) is 5.13. The number of ether oxygens (including phenoxy) is 1. The quantitative estimate of drug-likeness (QED) is 0.807. The average Bonchev–Trinajstić information content (AvgIpc) is 2.52. The van der Waals surface area contributed by atoms with E-state index in [0.29, 0.717) is 35.2 Å². The van der Waals surface area contributed by atoms with Crippen LogP contribution >= 0.6 is 23.2 Å². The minimum Gasteiger partial charge on any atom is -0.383 e. The first kappa shape index (κ1) is 10.2. The van der Waals surface area contributed by atoms with Crippen molar-refractivity contribution in [3.8, 4) is 0 Å². The third-order valence-electron chi connectivity index (χ3n) is 2.43. The Labute approximate surface area is 92.4 Å². The van der Waals surface area contributed by atoms with Gasteiger partial charge in [-0.3, -0.25) is 0 Å².